The Morgan fingerprint density at radius 1 is 1.02 bits per heavy atom. The van der Waals surface area contributed by atoms with Gasteiger partial charge >= 0.3 is 0 Å². The number of aliphatic hydroxyl groups excluding tert-OH is 1. The number of rotatable bonds is 11. The number of aryl methyl sites for hydroxylation is 4. The molecule has 1 aromatic heterocycles. The van der Waals surface area contributed by atoms with Crippen molar-refractivity contribution in [2.24, 2.45) is 5.73 Å². The van der Waals surface area contributed by atoms with Crippen LogP contribution in [0.15, 0.2) is 59.6 Å². The van der Waals surface area contributed by atoms with E-state index in [1.807, 2.05) is 65.0 Å². The predicted octanol–water partition coefficient (Wildman–Crippen LogP) is 3.49. The Balaban J connectivity index is 1.55. The summed E-state index contributed by atoms with van der Waals surface area (Å²) in [6.07, 6.45) is 0.664. The average Bonchev–Trinajstić information content (AvgIpc) is 3.30. The largest absolute Gasteiger partial charge is 0.383 e. The first kappa shape index (κ1) is 30.2. The third-order valence-corrected chi connectivity index (χ3v) is 8.82. The van der Waals surface area contributed by atoms with Gasteiger partial charge in [0.1, 0.15) is 6.23 Å². The summed E-state index contributed by atoms with van der Waals surface area (Å²) in [6.45, 7) is 11.3. The van der Waals surface area contributed by atoms with Gasteiger partial charge in [-0.3, -0.25) is 10.1 Å². The second kappa shape index (κ2) is 12.0. The lowest BCUT2D eigenvalue weighted by Gasteiger charge is -2.19. The molecule has 0 aliphatic heterocycles. The van der Waals surface area contributed by atoms with Crippen LogP contribution in [0.25, 0.3) is 16.6 Å². The van der Waals surface area contributed by atoms with Crippen molar-refractivity contribution < 1.29 is 18.3 Å². The fourth-order valence-corrected chi connectivity index (χ4v) is 6.78. The highest BCUT2D eigenvalue weighted by atomic mass is 32.2. The number of carbonyl (C=O) groups excluding carboxylic acids is 1. The van der Waals surface area contributed by atoms with E-state index in [4.69, 9.17) is 5.73 Å². The number of amides is 1. The topological polar surface area (TPSA) is 151 Å². The van der Waals surface area contributed by atoms with Gasteiger partial charge in [-0.1, -0.05) is 29.8 Å². The smallest absolute Gasteiger partial charge is 0.241 e. The first-order chi connectivity index (χ1) is 19.3. The fraction of sp³-hybridized carbons (Fsp3) is 0.333. The van der Waals surface area contributed by atoms with Crippen molar-refractivity contribution in [1.29, 1.82) is 0 Å². The van der Waals surface area contributed by atoms with Crippen LogP contribution in [-0.2, 0) is 14.8 Å². The van der Waals surface area contributed by atoms with Crippen molar-refractivity contribution in [3.63, 3.8) is 0 Å². The summed E-state index contributed by atoms with van der Waals surface area (Å²) < 4.78 is 31.0. The number of fused-ring (bicyclic) bond motifs is 1. The quantitative estimate of drug-likeness (QED) is 0.171. The number of hydrogen-bond donors (Lipinski definition) is 5. The van der Waals surface area contributed by atoms with E-state index in [0.717, 1.165) is 44.5 Å². The van der Waals surface area contributed by atoms with Crippen molar-refractivity contribution >= 4 is 32.5 Å². The Hall–Kier alpha value is -3.77. The van der Waals surface area contributed by atoms with Crippen LogP contribution in [0.5, 0.6) is 0 Å². The number of nitrogens with zero attached hydrogens (tertiary/aromatic N) is 2. The third-order valence-electron chi connectivity index (χ3n) is 6.93. The molecule has 1 amide bonds. The minimum atomic E-state index is -3.71. The molecule has 1 heterocycles. The van der Waals surface area contributed by atoms with Gasteiger partial charge in [0, 0.05) is 23.7 Å². The van der Waals surface area contributed by atoms with E-state index in [9.17, 15) is 18.3 Å². The summed E-state index contributed by atoms with van der Waals surface area (Å²) in [6, 6.07) is 13.9. The zero-order chi connectivity index (χ0) is 30.1. The molecule has 0 aliphatic rings. The van der Waals surface area contributed by atoms with Crippen LogP contribution in [0.2, 0.25) is 0 Å². The number of anilines is 1. The normalized spacial score (nSPS) is 14.1. The Bertz CT molecular complexity index is 1680. The second-order valence-electron chi connectivity index (χ2n) is 10.7. The molecular weight excluding hydrogens is 540 g/mol. The number of aromatic nitrogens is 2. The van der Waals surface area contributed by atoms with E-state index in [1.165, 1.54) is 0 Å². The molecule has 6 N–H and O–H groups in total. The SMILES string of the molecule is Cc1cc(C)c(S(=O)(=O)NC(C)CNc2cc(C)cc3c2cnn3-c2cccc(C(O)N[C@H](C)C(N)=O)c2)c(C)c1. The van der Waals surface area contributed by atoms with Gasteiger partial charge in [-0.05, 0) is 88.1 Å². The standard InChI is InChI=1S/C30H38N6O4S/c1-17-10-19(3)28(20(4)11-17)41(39,40)35-21(5)15-32-26-12-18(2)13-27-25(26)16-33-36(27)24-9-7-8-23(14-24)30(38)34-22(6)29(31)37/h7-14,16,21-22,30,32,34-35,38H,15H2,1-6H3,(H2,31,37)/t21?,22-,30?/m1/s1. The predicted molar refractivity (Wildman–Crippen MR) is 161 cm³/mol. The molecule has 0 saturated carbocycles. The van der Waals surface area contributed by atoms with Crippen LogP contribution in [0, 0.1) is 27.7 Å². The molecule has 11 heteroatoms. The molecule has 0 aliphatic carbocycles. The molecule has 4 aromatic rings. The first-order valence-corrected chi connectivity index (χ1v) is 14.9. The second-order valence-corrected chi connectivity index (χ2v) is 12.4. The van der Waals surface area contributed by atoms with Gasteiger partial charge in [0.05, 0.1) is 28.3 Å². The molecular formula is C30H38N6O4S. The molecule has 0 radical (unpaired) electrons. The monoisotopic (exact) mass is 578 g/mol. The van der Waals surface area contributed by atoms with Gasteiger partial charge < -0.3 is 16.2 Å². The van der Waals surface area contributed by atoms with E-state index in [0.29, 0.717) is 17.0 Å². The highest BCUT2D eigenvalue weighted by Gasteiger charge is 2.22. The minimum absolute atomic E-state index is 0.320. The Morgan fingerprint density at radius 2 is 1.68 bits per heavy atom. The molecule has 4 rings (SSSR count). The van der Waals surface area contributed by atoms with E-state index in [2.05, 4.69) is 20.5 Å². The molecule has 41 heavy (non-hydrogen) atoms. The number of sulfonamides is 1. The molecule has 0 bridgehead atoms. The highest BCUT2D eigenvalue weighted by Crippen LogP contribution is 2.28. The lowest BCUT2D eigenvalue weighted by molar-refractivity contribution is -0.120. The zero-order valence-electron chi connectivity index (χ0n) is 24.2. The number of benzene rings is 3. The molecule has 0 saturated heterocycles. The molecule has 218 valence electrons. The highest BCUT2D eigenvalue weighted by molar-refractivity contribution is 7.89. The lowest BCUT2D eigenvalue weighted by Crippen LogP contribution is -2.40. The van der Waals surface area contributed by atoms with Crippen LogP contribution in [0.4, 0.5) is 5.69 Å². The molecule has 3 atom stereocenters. The van der Waals surface area contributed by atoms with Gasteiger partial charge in [0.25, 0.3) is 0 Å². The summed E-state index contributed by atoms with van der Waals surface area (Å²) in [7, 11) is -3.71. The van der Waals surface area contributed by atoms with Crippen LogP contribution < -0.4 is 21.1 Å². The molecule has 3 aromatic carbocycles. The van der Waals surface area contributed by atoms with Crippen molar-refractivity contribution in [2.75, 3.05) is 11.9 Å². The van der Waals surface area contributed by atoms with Gasteiger partial charge in [0.15, 0.2) is 0 Å². The number of primary amides is 1. The Morgan fingerprint density at radius 3 is 2.34 bits per heavy atom. The summed E-state index contributed by atoms with van der Waals surface area (Å²) >= 11 is 0. The maximum Gasteiger partial charge on any atom is 0.241 e. The third kappa shape index (κ3) is 6.76. The molecule has 2 unspecified atom stereocenters. The minimum Gasteiger partial charge on any atom is -0.383 e. The summed E-state index contributed by atoms with van der Waals surface area (Å²) in [5, 5.41) is 22.2. The van der Waals surface area contributed by atoms with Crippen LogP contribution in [0.3, 0.4) is 0 Å². The molecule has 0 fully saturated rings. The van der Waals surface area contributed by atoms with Crippen molar-refractivity contribution in [2.45, 2.75) is 64.7 Å². The van der Waals surface area contributed by atoms with E-state index < -0.39 is 28.2 Å². The Labute approximate surface area is 241 Å². The number of hydrogen-bond acceptors (Lipinski definition) is 7. The van der Waals surface area contributed by atoms with Crippen molar-refractivity contribution in [3.05, 3.63) is 82.5 Å². The number of aliphatic hydroxyl groups is 1. The van der Waals surface area contributed by atoms with Crippen molar-refractivity contribution in [3.8, 4) is 5.69 Å². The summed E-state index contributed by atoms with van der Waals surface area (Å²) in [4.78, 5) is 11.7. The molecule has 0 spiro atoms. The average molecular weight is 579 g/mol. The van der Waals surface area contributed by atoms with Crippen molar-refractivity contribution in [1.82, 2.24) is 19.8 Å². The number of carbonyl (C=O) groups is 1. The van der Waals surface area contributed by atoms with Gasteiger partial charge in [-0.25, -0.2) is 17.8 Å². The van der Waals surface area contributed by atoms with Gasteiger partial charge in [-0.2, -0.15) is 5.10 Å². The van der Waals surface area contributed by atoms with Crippen LogP contribution in [-0.4, -0.2) is 47.8 Å². The fourth-order valence-electron chi connectivity index (χ4n) is 5.08. The van der Waals surface area contributed by atoms with E-state index in [1.54, 1.807) is 36.0 Å². The molecule has 10 nitrogen and oxygen atoms in total. The van der Waals surface area contributed by atoms with E-state index in [-0.39, 0.29) is 6.04 Å². The number of nitrogens with one attached hydrogen (secondary N) is 3. The van der Waals surface area contributed by atoms with Crippen LogP contribution >= 0.6 is 0 Å². The summed E-state index contributed by atoms with van der Waals surface area (Å²) in [5.74, 6) is -0.559. The Kier molecular flexibility index (Phi) is 8.83. The van der Waals surface area contributed by atoms with Crippen LogP contribution in [0.1, 0.15) is 47.9 Å². The first-order valence-electron chi connectivity index (χ1n) is 13.4. The number of nitrogens with two attached hydrogens (primary N) is 1. The maximum atomic E-state index is 13.2. The van der Waals surface area contributed by atoms with Gasteiger partial charge in [0.2, 0.25) is 15.9 Å². The van der Waals surface area contributed by atoms with E-state index >= 15 is 0 Å². The lowest BCUT2D eigenvalue weighted by atomic mass is 10.1. The maximum absolute atomic E-state index is 13.2. The van der Waals surface area contributed by atoms with Gasteiger partial charge in [-0.15, -0.1) is 0 Å². The zero-order valence-corrected chi connectivity index (χ0v) is 25.0. The summed E-state index contributed by atoms with van der Waals surface area (Å²) in [5.41, 5.74) is 11.7.